The Bertz CT molecular complexity index is 237. The molecule has 0 spiro atoms. The topological polar surface area (TPSA) is 20.2 Å². The quantitative estimate of drug-likeness (QED) is 0.559. The summed E-state index contributed by atoms with van der Waals surface area (Å²) >= 11 is 9.77. The number of benzene rings is 1. The molecule has 0 aliphatic carbocycles. The zero-order valence-corrected chi connectivity index (χ0v) is 11.6. The Morgan fingerprint density at radius 1 is 1.00 bits per heavy atom. The highest BCUT2D eigenvalue weighted by Gasteiger charge is 2.04. The van der Waals surface area contributed by atoms with E-state index in [0.717, 1.165) is 8.95 Å². The largest absolute Gasteiger partial charge is 0.507 e. The second-order valence-corrected chi connectivity index (χ2v) is 4.13. The van der Waals surface area contributed by atoms with Crippen molar-refractivity contribution in [3.05, 3.63) is 25.6 Å². The van der Waals surface area contributed by atoms with Crippen molar-refractivity contribution in [3.63, 3.8) is 0 Å². The van der Waals surface area contributed by atoms with E-state index in [1.165, 1.54) is 0 Å². The molecule has 1 nitrogen and oxygen atoms in total. The first kappa shape index (κ1) is 12.2. The highest BCUT2D eigenvalue weighted by atomic mass is 79.9. The minimum Gasteiger partial charge on any atom is -0.507 e. The average Bonchev–Trinajstić information content (AvgIpc) is 1.93. The fourth-order valence-electron chi connectivity index (χ4n) is 0.516. The summed E-state index contributed by atoms with van der Waals surface area (Å²) in [5.41, 5.74) is 0. The number of phenolic OH excluding ortho intramolecular Hbond substituents is 1. The van der Waals surface area contributed by atoms with Gasteiger partial charge < -0.3 is 5.11 Å². The molecule has 0 aliphatic heterocycles. The summed E-state index contributed by atoms with van der Waals surface area (Å²) in [7, 11) is 0. The van der Waals surface area contributed by atoms with E-state index in [0.29, 0.717) is 4.47 Å². The molecule has 0 aromatic heterocycles. The van der Waals surface area contributed by atoms with Gasteiger partial charge in [-0.2, -0.15) is 0 Å². The molecule has 0 unspecified atom stereocenters. The van der Waals surface area contributed by atoms with Crippen LogP contribution < -0.4 is 0 Å². The first-order chi connectivity index (χ1) is 4.63. The molecule has 0 aliphatic rings. The number of phenols is 1. The molecule has 1 aromatic carbocycles. The summed E-state index contributed by atoms with van der Waals surface area (Å²) in [5, 5.41) is 9.13. The third kappa shape index (κ3) is 2.88. The van der Waals surface area contributed by atoms with E-state index in [1.54, 1.807) is 12.1 Å². The van der Waals surface area contributed by atoms with E-state index in [1.807, 2.05) is 0 Å². The minimum absolute atomic E-state index is 0. The van der Waals surface area contributed by atoms with Crippen molar-refractivity contribution in [2.75, 3.05) is 0 Å². The number of halogens is 3. The lowest BCUT2D eigenvalue weighted by atomic mass is 10.3. The van der Waals surface area contributed by atoms with Crippen LogP contribution in [-0.4, -0.2) is 28.2 Å². The Kier molecular flexibility index (Phi) is 5.63. The standard InChI is InChI=1S/C6H3Br3O.Mg/c7-3-1-2-4(10)6(9)5(3)8;/h1-2,10H;. The molecule has 56 valence electrons. The highest BCUT2D eigenvalue weighted by molar-refractivity contribution is 9.14. The maximum absolute atomic E-state index is 9.13. The zero-order valence-electron chi connectivity index (χ0n) is 5.44. The van der Waals surface area contributed by atoms with E-state index >= 15 is 0 Å². The lowest BCUT2D eigenvalue weighted by Gasteiger charge is -2.00. The molecule has 0 fully saturated rings. The molecule has 1 N–H and O–H groups in total. The molecule has 0 heterocycles. The van der Waals surface area contributed by atoms with Crippen molar-refractivity contribution in [1.82, 2.24) is 0 Å². The van der Waals surface area contributed by atoms with Crippen molar-refractivity contribution in [2.45, 2.75) is 0 Å². The maximum Gasteiger partial charge on any atom is 0.130 e. The van der Waals surface area contributed by atoms with E-state index in [-0.39, 0.29) is 28.8 Å². The minimum atomic E-state index is 0. The zero-order chi connectivity index (χ0) is 7.72. The van der Waals surface area contributed by atoms with Crippen molar-refractivity contribution in [3.8, 4) is 5.75 Å². The van der Waals surface area contributed by atoms with Crippen molar-refractivity contribution in [1.29, 1.82) is 0 Å². The van der Waals surface area contributed by atoms with Crippen molar-refractivity contribution in [2.24, 2.45) is 0 Å². The fourth-order valence-corrected chi connectivity index (χ4v) is 1.79. The Hall–Kier alpha value is 1.23. The van der Waals surface area contributed by atoms with E-state index < -0.39 is 0 Å². The first-order valence-electron chi connectivity index (χ1n) is 2.45. The van der Waals surface area contributed by atoms with E-state index in [4.69, 9.17) is 5.11 Å². The lowest BCUT2D eigenvalue weighted by molar-refractivity contribution is 0.471. The molecule has 11 heavy (non-hydrogen) atoms. The SMILES string of the molecule is Oc1ccc(Br)c(Br)c1Br.[Mg]. The Labute approximate surface area is 106 Å². The predicted octanol–water partition coefficient (Wildman–Crippen LogP) is 3.30. The van der Waals surface area contributed by atoms with Gasteiger partial charge in [0.05, 0.1) is 4.47 Å². The Balaban J connectivity index is 0.000001000. The summed E-state index contributed by atoms with van der Waals surface area (Å²) in [6.45, 7) is 0. The smallest absolute Gasteiger partial charge is 0.130 e. The maximum atomic E-state index is 9.13. The van der Waals surface area contributed by atoms with Gasteiger partial charge in [0.2, 0.25) is 0 Å². The van der Waals surface area contributed by atoms with Crippen LogP contribution in [0.3, 0.4) is 0 Å². The normalized spacial score (nSPS) is 9.00. The Morgan fingerprint density at radius 2 is 1.55 bits per heavy atom. The van der Waals surface area contributed by atoms with Gasteiger partial charge in [-0.05, 0) is 59.9 Å². The second kappa shape index (κ2) is 5.06. The summed E-state index contributed by atoms with van der Waals surface area (Å²) in [6, 6.07) is 3.38. The van der Waals surface area contributed by atoms with Crippen LogP contribution >= 0.6 is 47.8 Å². The molecule has 0 atom stereocenters. The van der Waals surface area contributed by atoms with Crippen LogP contribution in [0.2, 0.25) is 0 Å². The number of hydrogen-bond donors (Lipinski definition) is 1. The summed E-state index contributed by atoms with van der Waals surface area (Å²) < 4.78 is 2.41. The average molecular weight is 355 g/mol. The lowest BCUT2D eigenvalue weighted by Crippen LogP contribution is -1.72. The monoisotopic (exact) mass is 352 g/mol. The molecule has 0 saturated carbocycles. The second-order valence-electron chi connectivity index (χ2n) is 1.69. The van der Waals surface area contributed by atoms with Crippen LogP contribution in [0.4, 0.5) is 0 Å². The van der Waals surface area contributed by atoms with Gasteiger partial charge in [0.1, 0.15) is 5.75 Å². The van der Waals surface area contributed by atoms with Crippen LogP contribution in [0.1, 0.15) is 0 Å². The molecule has 0 amide bonds. The number of aromatic hydroxyl groups is 1. The molecule has 1 rings (SSSR count). The molecule has 0 bridgehead atoms. The molecule has 0 saturated heterocycles. The molecule has 1 aromatic rings. The van der Waals surface area contributed by atoms with Gasteiger partial charge in [-0.15, -0.1) is 0 Å². The van der Waals surface area contributed by atoms with Gasteiger partial charge in [0.25, 0.3) is 0 Å². The van der Waals surface area contributed by atoms with E-state index in [9.17, 15) is 0 Å². The van der Waals surface area contributed by atoms with Crippen LogP contribution in [-0.2, 0) is 0 Å². The van der Waals surface area contributed by atoms with Gasteiger partial charge in [0, 0.05) is 32.0 Å². The molecule has 5 heteroatoms. The summed E-state index contributed by atoms with van der Waals surface area (Å²) in [4.78, 5) is 0. The third-order valence-electron chi connectivity index (χ3n) is 1.01. The summed E-state index contributed by atoms with van der Waals surface area (Å²) in [6.07, 6.45) is 0. The molecule has 2 radical (unpaired) electrons. The Morgan fingerprint density at radius 3 is 2.00 bits per heavy atom. The van der Waals surface area contributed by atoms with Gasteiger partial charge in [-0.25, -0.2) is 0 Å². The van der Waals surface area contributed by atoms with Crippen molar-refractivity contribution >= 4 is 70.8 Å². The summed E-state index contributed by atoms with van der Waals surface area (Å²) in [5.74, 6) is 0.232. The van der Waals surface area contributed by atoms with Gasteiger partial charge in [-0.3, -0.25) is 0 Å². The van der Waals surface area contributed by atoms with Crippen molar-refractivity contribution < 1.29 is 5.11 Å². The van der Waals surface area contributed by atoms with E-state index in [2.05, 4.69) is 47.8 Å². The van der Waals surface area contributed by atoms with Crippen LogP contribution in [0.15, 0.2) is 25.6 Å². The number of rotatable bonds is 0. The predicted molar refractivity (Wildman–Crippen MR) is 57.0 cm³/mol. The molecular formula is C6H3Br3MgO. The van der Waals surface area contributed by atoms with Crippen LogP contribution in [0.5, 0.6) is 5.75 Å². The van der Waals surface area contributed by atoms with Gasteiger partial charge in [-0.1, -0.05) is 0 Å². The third-order valence-corrected chi connectivity index (χ3v) is 4.37. The van der Waals surface area contributed by atoms with Crippen LogP contribution in [0, 0.1) is 0 Å². The fraction of sp³-hybridized carbons (Fsp3) is 0. The van der Waals surface area contributed by atoms with Gasteiger partial charge in [0.15, 0.2) is 0 Å². The van der Waals surface area contributed by atoms with Crippen LogP contribution in [0.25, 0.3) is 0 Å². The number of hydrogen-bond acceptors (Lipinski definition) is 1. The molecular weight excluding hydrogens is 352 g/mol. The first-order valence-corrected chi connectivity index (χ1v) is 4.83. The highest BCUT2D eigenvalue weighted by Crippen LogP contribution is 2.36. The van der Waals surface area contributed by atoms with Gasteiger partial charge >= 0.3 is 0 Å².